The molecule has 1 aliphatic carbocycles. The Bertz CT molecular complexity index is 661. The Kier molecular flexibility index (Phi) is 3.69. The van der Waals surface area contributed by atoms with Gasteiger partial charge in [0.05, 0.1) is 6.10 Å². The highest BCUT2D eigenvalue weighted by atomic mass is 19.1. The summed E-state index contributed by atoms with van der Waals surface area (Å²) in [5, 5.41) is 0. The van der Waals surface area contributed by atoms with E-state index >= 15 is 0 Å². The highest BCUT2D eigenvalue weighted by Gasteiger charge is 2.23. The number of benzene rings is 2. The number of Topliss-reactive ketones (excluding diaryl/α,β-unsaturated/α-hetero) is 1. The Labute approximate surface area is 121 Å². The number of ether oxygens (including phenoxy) is 1. The number of hydrogen-bond acceptors (Lipinski definition) is 2. The van der Waals surface area contributed by atoms with Crippen LogP contribution in [0.4, 0.5) is 8.78 Å². The van der Waals surface area contributed by atoms with Crippen LogP contribution in [0.25, 0.3) is 0 Å². The second kappa shape index (κ2) is 5.64. The molecule has 0 N–H and O–H groups in total. The third kappa shape index (κ3) is 3.45. The zero-order valence-electron chi connectivity index (χ0n) is 11.3. The van der Waals surface area contributed by atoms with E-state index < -0.39 is 11.6 Å². The van der Waals surface area contributed by atoms with Crippen LogP contribution in [0.2, 0.25) is 0 Å². The van der Waals surface area contributed by atoms with E-state index in [9.17, 15) is 13.6 Å². The van der Waals surface area contributed by atoms with Crippen molar-refractivity contribution in [2.75, 3.05) is 0 Å². The van der Waals surface area contributed by atoms with Gasteiger partial charge in [-0.1, -0.05) is 6.07 Å². The highest BCUT2D eigenvalue weighted by molar-refractivity contribution is 5.97. The van der Waals surface area contributed by atoms with Crippen LogP contribution in [0.15, 0.2) is 42.5 Å². The van der Waals surface area contributed by atoms with Crippen molar-refractivity contribution in [3.63, 3.8) is 0 Å². The molecule has 0 saturated heterocycles. The molecule has 4 heteroatoms. The first-order chi connectivity index (χ1) is 10.1. The molecule has 0 radical (unpaired) electrons. The van der Waals surface area contributed by atoms with Crippen molar-refractivity contribution in [2.24, 2.45) is 0 Å². The lowest BCUT2D eigenvalue weighted by Gasteiger charge is -2.06. The lowest BCUT2D eigenvalue weighted by Crippen LogP contribution is -2.05. The maximum atomic E-state index is 13.5. The van der Waals surface area contributed by atoms with E-state index in [-0.39, 0.29) is 17.8 Å². The van der Waals surface area contributed by atoms with Crippen LogP contribution in [0, 0.1) is 11.6 Å². The predicted octanol–water partition coefficient (Wildman–Crippen LogP) is 3.93. The number of ketones is 1. The number of carbonyl (C=O) groups excluding carboxylic acids is 1. The minimum absolute atomic E-state index is 0.0884. The van der Waals surface area contributed by atoms with Gasteiger partial charge in [-0.15, -0.1) is 0 Å². The van der Waals surface area contributed by atoms with Gasteiger partial charge in [-0.2, -0.15) is 0 Å². The molecule has 2 aromatic carbocycles. The normalized spacial score (nSPS) is 14.0. The van der Waals surface area contributed by atoms with Crippen LogP contribution < -0.4 is 4.74 Å². The summed E-state index contributed by atoms with van der Waals surface area (Å²) >= 11 is 0. The Morgan fingerprint density at radius 1 is 1.10 bits per heavy atom. The maximum Gasteiger partial charge on any atom is 0.167 e. The summed E-state index contributed by atoms with van der Waals surface area (Å²) in [5.41, 5.74) is 0.682. The average Bonchev–Trinajstić information content (AvgIpc) is 3.26. The fourth-order valence-corrected chi connectivity index (χ4v) is 2.04. The van der Waals surface area contributed by atoms with Crippen molar-refractivity contribution >= 4 is 5.78 Å². The maximum absolute atomic E-state index is 13.5. The summed E-state index contributed by atoms with van der Waals surface area (Å²) in [5.74, 6) is -0.817. The van der Waals surface area contributed by atoms with Gasteiger partial charge in [-0.05, 0) is 48.7 Å². The molecule has 0 atom stereocenters. The van der Waals surface area contributed by atoms with Gasteiger partial charge in [0, 0.05) is 18.1 Å². The number of halogens is 2. The summed E-state index contributed by atoms with van der Waals surface area (Å²) < 4.78 is 31.9. The van der Waals surface area contributed by atoms with E-state index in [1.807, 2.05) is 0 Å². The Balaban J connectivity index is 1.69. The summed E-state index contributed by atoms with van der Waals surface area (Å²) in [6, 6.07) is 10.1. The molecule has 21 heavy (non-hydrogen) atoms. The molecule has 3 rings (SSSR count). The molecule has 108 valence electrons. The smallest absolute Gasteiger partial charge is 0.167 e. The van der Waals surface area contributed by atoms with Crippen LogP contribution in [0.3, 0.4) is 0 Å². The number of carbonyl (C=O) groups is 1. The zero-order valence-corrected chi connectivity index (χ0v) is 11.3. The van der Waals surface area contributed by atoms with Crippen LogP contribution in [-0.2, 0) is 6.42 Å². The Morgan fingerprint density at radius 3 is 2.43 bits per heavy atom. The third-order valence-electron chi connectivity index (χ3n) is 3.37. The first kappa shape index (κ1) is 13.7. The molecule has 0 aromatic heterocycles. The van der Waals surface area contributed by atoms with Crippen molar-refractivity contribution in [1.29, 1.82) is 0 Å². The van der Waals surface area contributed by atoms with Gasteiger partial charge < -0.3 is 4.74 Å². The molecule has 0 amide bonds. The number of hydrogen-bond donors (Lipinski definition) is 0. The first-order valence-corrected chi connectivity index (χ1v) is 6.85. The molecule has 0 unspecified atom stereocenters. The first-order valence-electron chi connectivity index (χ1n) is 6.85. The van der Waals surface area contributed by atoms with E-state index in [4.69, 9.17) is 4.74 Å². The molecular weight excluding hydrogens is 274 g/mol. The standard InChI is InChI=1S/C17H14F2O2/c18-13-4-1-12(16(19)10-13)9-17(20)11-2-5-14(6-3-11)21-15-7-8-15/h1-6,10,15H,7-9H2. The van der Waals surface area contributed by atoms with Crippen molar-refractivity contribution in [3.05, 3.63) is 65.2 Å². The fourth-order valence-electron chi connectivity index (χ4n) is 2.04. The fraction of sp³-hybridized carbons (Fsp3) is 0.235. The number of rotatable bonds is 5. The van der Waals surface area contributed by atoms with E-state index in [0.29, 0.717) is 11.7 Å². The quantitative estimate of drug-likeness (QED) is 0.779. The average molecular weight is 288 g/mol. The summed E-state index contributed by atoms with van der Waals surface area (Å²) in [6.45, 7) is 0. The SMILES string of the molecule is O=C(Cc1ccc(F)cc1F)c1ccc(OC2CC2)cc1. The Hall–Kier alpha value is -2.23. The summed E-state index contributed by atoms with van der Waals surface area (Å²) in [4.78, 5) is 12.1. The second-order valence-electron chi connectivity index (χ2n) is 5.18. The zero-order chi connectivity index (χ0) is 14.8. The molecule has 1 fully saturated rings. The molecule has 0 bridgehead atoms. The summed E-state index contributed by atoms with van der Waals surface area (Å²) in [6.07, 6.45) is 2.36. The minimum Gasteiger partial charge on any atom is -0.490 e. The topological polar surface area (TPSA) is 26.3 Å². The molecule has 2 aromatic rings. The van der Waals surface area contributed by atoms with E-state index in [0.717, 1.165) is 30.7 Å². The van der Waals surface area contributed by atoms with Gasteiger partial charge in [-0.25, -0.2) is 8.78 Å². The predicted molar refractivity (Wildman–Crippen MR) is 74.5 cm³/mol. The second-order valence-corrected chi connectivity index (χ2v) is 5.18. The van der Waals surface area contributed by atoms with Crippen molar-refractivity contribution < 1.29 is 18.3 Å². The largest absolute Gasteiger partial charge is 0.490 e. The Morgan fingerprint density at radius 2 is 1.81 bits per heavy atom. The van der Waals surface area contributed by atoms with Gasteiger partial charge in [0.2, 0.25) is 0 Å². The van der Waals surface area contributed by atoms with Crippen LogP contribution >= 0.6 is 0 Å². The molecule has 2 nitrogen and oxygen atoms in total. The van der Waals surface area contributed by atoms with Crippen LogP contribution in [-0.4, -0.2) is 11.9 Å². The van der Waals surface area contributed by atoms with Crippen LogP contribution in [0.1, 0.15) is 28.8 Å². The minimum atomic E-state index is -0.697. The van der Waals surface area contributed by atoms with E-state index in [2.05, 4.69) is 0 Å². The van der Waals surface area contributed by atoms with Crippen molar-refractivity contribution in [3.8, 4) is 5.75 Å². The molecule has 0 spiro atoms. The highest BCUT2D eigenvalue weighted by Crippen LogP contribution is 2.26. The molecule has 1 saturated carbocycles. The lowest BCUT2D eigenvalue weighted by atomic mass is 10.0. The molecule has 0 aliphatic heterocycles. The van der Waals surface area contributed by atoms with E-state index in [1.165, 1.54) is 6.07 Å². The van der Waals surface area contributed by atoms with Crippen molar-refractivity contribution in [1.82, 2.24) is 0 Å². The van der Waals surface area contributed by atoms with Crippen LogP contribution in [0.5, 0.6) is 5.75 Å². The van der Waals surface area contributed by atoms with Crippen molar-refractivity contribution in [2.45, 2.75) is 25.4 Å². The molecular formula is C17H14F2O2. The molecule has 0 heterocycles. The van der Waals surface area contributed by atoms with E-state index in [1.54, 1.807) is 24.3 Å². The monoisotopic (exact) mass is 288 g/mol. The van der Waals surface area contributed by atoms with Gasteiger partial charge in [0.25, 0.3) is 0 Å². The molecule has 1 aliphatic rings. The van der Waals surface area contributed by atoms with Gasteiger partial charge in [-0.3, -0.25) is 4.79 Å². The summed E-state index contributed by atoms with van der Waals surface area (Å²) in [7, 11) is 0. The van der Waals surface area contributed by atoms with Gasteiger partial charge >= 0.3 is 0 Å². The lowest BCUT2D eigenvalue weighted by molar-refractivity contribution is 0.0991. The van der Waals surface area contributed by atoms with Gasteiger partial charge in [0.15, 0.2) is 5.78 Å². The van der Waals surface area contributed by atoms with Gasteiger partial charge in [0.1, 0.15) is 17.4 Å². The third-order valence-corrected chi connectivity index (χ3v) is 3.37.